The van der Waals surface area contributed by atoms with E-state index in [9.17, 15) is 0 Å². The summed E-state index contributed by atoms with van der Waals surface area (Å²) in [5, 5.41) is 0.753. The number of rotatable bonds is 6. The molecule has 1 aromatic rings. The van der Waals surface area contributed by atoms with E-state index in [0.717, 1.165) is 41.2 Å². The monoisotopic (exact) mass is 243 g/mol. The van der Waals surface area contributed by atoms with Gasteiger partial charge in [0.2, 0.25) is 0 Å². The van der Waals surface area contributed by atoms with E-state index in [2.05, 4.69) is 4.84 Å². The quantitative estimate of drug-likeness (QED) is 0.617. The number of ether oxygens (including phenoxy) is 1. The van der Waals surface area contributed by atoms with Crippen LogP contribution < -0.4 is 10.6 Å². The predicted molar refractivity (Wildman–Crippen MR) is 65.8 cm³/mol. The maximum Gasteiger partial charge on any atom is 0.125 e. The van der Waals surface area contributed by atoms with E-state index in [0.29, 0.717) is 6.61 Å². The van der Waals surface area contributed by atoms with Crippen LogP contribution in [0.4, 0.5) is 0 Å². The molecule has 0 spiro atoms. The van der Waals surface area contributed by atoms with Crippen molar-refractivity contribution < 1.29 is 9.57 Å². The fourth-order valence-corrected chi connectivity index (χ4v) is 2.07. The van der Waals surface area contributed by atoms with Gasteiger partial charge in [0.25, 0.3) is 0 Å². The Kier molecular flexibility index (Phi) is 5.60. The molecule has 0 aromatic heterocycles. The Balaban J connectivity index is 2.69. The molecule has 1 aromatic carbocycles. The molecule has 0 atom stereocenters. The molecule has 1 rings (SSSR count). The molecule has 0 saturated carbocycles. The van der Waals surface area contributed by atoms with E-state index in [1.165, 1.54) is 0 Å². The Hall–Kier alpha value is -0.770. The van der Waals surface area contributed by atoms with Gasteiger partial charge in [-0.2, -0.15) is 0 Å². The highest BCUT2D eigenvalue weighted by molar-refractivity contribution is 6.30. The van der Waals surface area contributed by atoms with Crippen LogP contribution in [0, 0.1) is 6.92 Å². The first-order valence-electron chi connectivity index (χ1n) is 5.33. The van der Waals surface area contributed by atoms with Crippen LogP contribution in [0.3, 0.4) is 0 Å². The van der Waals surface area contributed by atoms with Crippen LogP contribution >= 0.6 is 11.6 Å². The Bertz CT molecular complexity index is 342. The largest absolute Gasteiger partial charge is 0.496 e. The van der Waals surface area contributed by atoms with Gasteiger partial charge in [-0.05, 0) is 49.4 Å². The zero-order chi connectivity index (χ0) is 12.0. The molecule has 0 amide bonds. The molecule has 4 heteroatoms. The molecule has 0 aliphatic rings. The fourth-order valence-electron chi connectivity index (χ4n) is 1.78. The van der Waals surface area contributed by atoms with Gasteiger partial charge in [0.15, 0.2) is 0 Å². The molecular formula is C12H18ClNO2. The number of nitrogens with two attached hydrogens (primary N) is 1. The van der Waals surface area contributed by atoms with Crippen molar-refractivity contribution in [1.29, 1.82) is 0 Å². The molecule has 0 radical (unpaired) electrons. The fraction of sp³-hybridized carbons (Fsp3) is 0.500. The summed E-state index contributed by atoms with van der Waals surface area (Å²) >= 11 is 6.02. The van der Waals surface area contributed by atoms with Crippen LogP contribution in [0.25, 0.3) is 0 Å². The second-order valence-electron chi connectivity index (χ2n) is 3.74. The minimum atomic E-state index is 0.585. The Morgan fingerprint density at radius 3 is 2.69 bits per heavy atom. The normalized spacial score (nSPS) is 10.5. The van der Waals surface area contributed by atoms with Crippen molar-refractivity contribution in [2.75, 3.05) is 13.7 Å². The van der Waals surface area contributed by atoms with Crippen molar-refractivity contribution in [2.24, 2.45) is 5.90 Å². The summed E-state index contributed by atoms with van der Waals surface area (Å²) in [7, 11) is 1.68. The Labute approximate surface area is 101 Å². The predicted octanol–water partition coefficient (Wildman–Crippen LogP) is 2.87. The number of benzene rings is 1. The highest BCUT2D eigenvalue weighted by Gasteiger charge is 2.07. The molecule has 0 aliphatic heterocycles. The van der Waals surface area contributed by atoms with Crippen LogP contribution in [0.2, 0.25) is 5.02 Å². The number of hydrogen-bond acceptors (Lipinski definition) is 3. The first-order valence-corrected chi connectivity index (χ1v) is 5.71. The first kappa shape index (κ1) is 13.3. The van der Waals surface area contributed by atoms with Gasteiger partial charge in [0.1, 0.15) is 5.75 Å². The van der Waals surface area contributed by atoms with E-state index in [4.69, 9.17) is 22.2 Å². The second-order valence-corrected chi connectivity index (χ2v) is 4.18. The zero-order valence-corrected chi connectivity index (χ0v) is 10.5. The van der Waals surface area contributed by atoms with Gasteiger partial charge < -0.3 is 9.57 Å². The van der Waals surface area contributed by atoms with Crippen molar-refractivity contribution in [3.63, 3.8) is 0 Å². The van der Waals surface area contributed by atoms with Crippen LogP contribution in [0.5, 0.6) is 5.75 Å². The molecule has 2 N–H and O–H groups in total. The Morgan fingerprint density at radius 2 is 2.06 bits per heavy atom. The van der Waals surface area contributed by atoms with Crippen molar-refractivity contribution in [3.05, 3.63) is 28.3 Å². The maximum atomic E-state index is 6.02. The summed E-state index contributed by atoms with van der Waals surface area (Å²) in [4.78, 5) is 4.53. The van der Waals surface area contributed by atoms with Gasteiger partial charge in [-0.15, -0.1) is 0 Å². The molecule has 0 heterocycles. The topological polar surface area (TPSA) is 44.5 Å². The van der Waals surface area contributed by atoms with Crippen molar-refractivity contribution >= 4 is 11.6 Å². The highest BCUT2D eigenvalue weighted by atomic mass is 35.5. The lowest BCUT2D eigenvalue weighted by molar-refractivity contribution is 0.134. The number of aryl methyl sites for hydroxylation is 2. The number of halogens is 1. The minimum Gasteiger partial charge on any atom is -0.496 e. The van der Waals surface area contributed by atoms with Crippen molar-refractivity contribution in [1.82, 2.24) is 0 Å². The molecule has 0 unspecified atom stereocenters. The summed E-state index contributed by atoms with van der Waals surface area (Å²) in [6.07, 6.45) is 2.87. The maximum absolute atomic E-state index is 6.02. The average Bonchev–Trinajstić information content (AvgIpc) is 2.24. The first-order chi connectivity index (χ1) is 7.69. The second kappa shape index (κ2) is 6.74. The Morgan fingerprint density at radius 1 is 1.31 bits per heavy atom. The lowest BCUT2D eigenvalue weighted by Crippen LogP contribution is -2.02. The average molecular weight is 244 g/mol. The van der Waals surface area contributed by atoms with E-state index >= 15 is 0 Å². The number of hydrogen-bond donors (Lipinski definition) is 1. The zero-order valence-electron chi connectivity index (χ0n) is 9.75. The molecule has 90 valence electrons. The summed E-state index contributed by atoms with van der Waals surface area (Å²) in [5.41, 5.74) is 2.21. The lowest BCUT2D eigenvalue weighted by Gasteiger charge is -2.12. The summed E-state index contributed by atoms with van der Waals surface area (Å²) in [6.45, 7) is 2.58. The van der Waals surface area contributed by atoms with Crippen LogP contribution in [0.1, 0.15) is 24.0 Å². The molecule has 0 fully saturated rings. The van der Waals surface area contributed by atoms with E-state index in [-0.39, 0.29) is 0 Å². The third-order valence-corrected chi connectivity index (χ3v) is 2.70. The summed E-state index contributed by atoms with van der Waals surface area (Å²) in [5.74, 6) is 5.90. The minimum absolute atomic E-state index is 0.585. The number of methoxy groups -OCH3 is 1. The summed E-state index contributed by atoms with van der Waals surface area (Å²) in [6, 6.07) is 3.86. The number of unbranched alkanes of at least 4 members (excludes halogenated alkanes) is 1. The van der Waals surface area contributed by atoms with Crippen LogP contribution in [0.15, 0.2) is 12.1 Å². The smallest absolute Gasteiger partial charge is 0.125 e. The van der Waals surface area contributed by atoms with E-state index < -0.39 is 0 Å². The van der Waals surface area contributed by atoms with Gasteiger partial charge in [-0.25, -0.2) is 5.90 Å². The molecular weight excluding hydrogens is 226 g/mol. The van der Waals surface area contributed by atoms with Gasteiger partial charge >= 0.3 is 0 Å². The molecule has 0 bridgehead atoms. The van der Waals surface area contributed by atoms with Crippen LogP contribution in [-0.2, 0) is 11.3 Å². The molecule has 3 nitrogen and oxygen atoms in total. The van der Waals surface area contributed by atoms with Gasteiger partial charge in [0.05, 0.1) is 13.7 Å². The summed E-state index contributed by atoms with van der Waals surface area (Å²) < 4.78 is 5.37. The third-order valence-electron chi connectivity index (χ3n) is 2.48. The van der Waals surface area contributed by atoms with E-state index in [1.807, 2.05) is 19.1 Å². The molecule has 0 saturated heterocycles. The van der Waals surface area contributed by atoms with E-state index in [1.54, 1.807) is 7.11 Å². The molecule has 16 heavy (non-hydrogen) atoms. The van der Waals surface area contributed by atoms with Crippen molar-refractivity contribution in [3.8, 4) is 5.75 Å². The van der Waals surface area contributed by atoms with Gasteiger partial charge in [-0.3, -0.25) is 0 Å². The highest BCUT2D eigenvalue weighted by Crippen LogP contribution is 2.28. The van der Waals surface area contributed by atoms with Gasteiger partial charge in [0, 0.05) is 5.02 Å². The van der Waals surface area contributed by atoms with Gasteiger partial charge in [-0.1, -0.05) is 11.6 Å². The van der Waals surface area contributed by atoms with Crippen LogP contribution in [-0.4, -0.2) is 13.7 Å². The third kappa shape index (κ3) is 3.67. The van der Waals surface area contributed by atoms with Crippen molar-refractivity contribution in [2.45, 2.75) is 26.2 Å². The standard InChI is InChI=1S/C12H18ClNO2/c1-9-7-11(13)8-10(12(9)15-2)5-3-4-6-16-14/h7-8H,3-6,14H2,1-2H3. The molecule has 0 aliphatic carbocycles. The lowest BCUT2D eigenvalue weighted by atomic mass is 10.0. The SMILES string of the molecule is COc1c(C)cc(Cl)cc1CCCCON.